The molecule has 0 saturated heterocycles. The minimum atomic E-state index is -0.671. The van der Waals surface area contributed by atoms with E-state index < -0.39 is 5.97 Å². The second kappa shape index (κ2) is 6.93. The van der Waals surface area contributed by atoms with Crippen molar-refractivity contribution < 1.29 is 9.90 Å². The third-order valence-corrected chi connectivity index (χ3v) is 2.70. The standard InChI is InChI=1S/C11H22O2/c1-4-9(2)5-6-10(3)7-8-11(12)13/h9-10H,4-8H2,1-3H3,(H,12,13). The monoisotopic (exact) mass is 186 g/mol. The molecule has 0 amide bonds. The summed E-state index contributed by atoms with van der Waals surface area (Å²) in [7, 11) is 0. The first kappa shape index (κ1) is 12.5. The molecule has 0 saturated carbocycles. The lowest BCUT2D eigenvalue weighted by Crippen LogP contribution is -2.03. The average molecular weight is 186 g/mol. The van der Waals surface area contributed by atoms with Crippen LogP contribution < -0.4 is 0 Å². The zero-order chi connectivity index (χ0) is 10.3. The summed E-state index contributed by atoms with van der Waals surface area (Å²) in [5, 5.41) is 8.49. The molecule has 0 aliphatic heterocycles. The summed E-state index contributed by atoms with van der Waals surface area (Å²) in [6, 6.07) is 0. The lowest BCUT2D eigenvalue weighted by atomic mass is 9.94. The van der Waals surface area contributed by atoms with Crippen LogP contribution in [0.1, 0.15) is 52.9 Å². The molecule has 2 nitrogen and oxygen atoms in total. The predicted molar refractivity (Wildman–Crippen MR) is 54.7 cm³/mol. The molecule has 0 radical (unpaired) electrons. The highest BCUT2D eigenvalue weighted by atomic mass is 16.4. The van der Waals surface area contributed by atoms with E-state index in [-0.39, 0.29) is 0 Å². The number of carboxylic acids is 1. The quantitative estimate of drug-likeness (QED) is 0.662. The summed E-state index contributed by atoms with van der Waals surface area (Å²) in [4.78, 5) is 10.3. The second-order valence-electron chi connectivity index (χ2n) is 4.13. The first-order valence-electron chi connectivity index (χ1n) is 5.28. The fourth-order valence-corrected chi connectivity index (χ4v) is 1.29. The molecule has 0 aliphatic rings. The molecule has 0 bridgehead atoms. The van der Waals surface area contributed by atoms with E-state index >= 15 is 0 Å². The number of aliphatic carboxylic acids is 1. The molecule has 78 valence electrons. The van der Waals surface area contributed by atoms with E-state index in [0.29, 0.717) is 12.3 Å². The van der Waals surface area contributed by atoms with E-state index in [0.717, 1.165) is 12.3 Å². The van der Waals surface area contributed by atoms with Crippen LogP contribution in [0.2, 0.25) is 0 Å². The number of hydrogen-bond acceptors (Lipinski definition) is 1. The fourth-order valence-electron chi connectivity index (χ4n) is 1.29. The molecule has 0 aromatic rings. The van der Waals surface area contributed by atoms with Gasteiger partial charge in [-0.1, -0.05) is 40.0 Å². The molecule has 0 fully saturated rings. The maximum atomic E-state index is 10.3. The summed E-state index contributed by atoms with van der Waals surface area (Å²) in [6.45, 7) is 6.60. The van der Waals surface area contributed by atoms with Gasteiger partial charge in [-0.25, -0.2) is 0 Å². The third-order valence-electron chi connectivity index (χ3n) is 2.70. The maximum Gasteiger partial charge on any atom is 0.303 e. The summed E-state index contributed by atoms with van der Waals surface area (Å²) in [6.07, 6.45) is 4.78. The van der Waals surface area contributed by atoms with Gasteiger partial charge in [0.2, 0.25) is 0 Å². The van der Waals surface area contributed by atoms with Gasteiger partial charge in [-0.2, -0.15) is 0 Å². The summed E-state index contributed by atoms with van der Waals surface area (Å²) < 4.78 is 0. The highest BCUT2D eigenvalue weighted by Crippen LogP contribution is 2.18. The van der Waals surface area contributed by atoms with Crippen molar-refractivity contribution in [2.24, 2.45) is 11.8 Å². The summed E-state index contributed by atoms with van der Waals surface area (Å²) in [5.74, 6) is 0.674. The highest BCUT2D eigenvalue weighted by Gasteiger charge is 2.07. The van der Waals surface area contributed by atoms with Crippen LogP contribution in [-0.2, 0) is 4.79 Å². The Morgan fingerprint density at radius 2 is 1.69 bits per heavy atom. The van der Waals surface area contributed by atoms with Crippen molar-refractivity contribution in [3.8, 4) is 0 Å². The van der Waals surface area contributed by atoms with Crippen LogP contribution in [0.5, 0.6) is 0 Å². The van der Waals surface area contributed by atoms with E-state index in [2.05, 4.69) is 20.8 Å². The molecule has 0 heterocycles. The Labute approximate surface area is 81.3 Å². The topological polar surface area (TPSA) is 37.3 Å². The average Bonchev–Trinajstić information content (AvgIpc) is 2.10. The van der Waals surface area contributed by atoms with Gasteiger partial charge in [0.15, 0.2) is 0 Å². The van der Waals surface area contributed by atoms with Gasteiger partial charge in [0, 0.05) is 6.42 Å². The van der Waals surface area contributed by atoms with E-state index in [4.69, 9.17) is 5.11 Å². The molecule has 0 aromatic carbocycles. The van der Waals surface area contributed by atoms with Gasteiger partial charge < -0.3 is 5.11 Å². The first-order chi connectivity index (χ1) is 6.06. The predicted octanol–water partition coefficient (Wildman–Crippen LogP) is 3.31. The number of carboxylic acid groups (broad SMARTS) is 1. The molecule has 2 heteroatoms. The lowest BCUT2D eigenvalue weighted by Gasteiger charge is -2.12. The first-order valence-corrected chi connectivity index (χ1v) is 5.28. The van der Waals surface area contributed by atoms with Crippen molar-refractivity contribution in [1.82, 2.24) is 0 Å². The van der Waals surface area contributed by atoms with Crippen LogP contribution in [0.25, 0.3) is 0 Å². The molecule has 2 unspecified atom stereocenters. The number of carbonyl (C=O) groups is 1. The molecule has 0 aliphatic carbocycles. The summed E-state index contributed by atoms with van der Waals surface area (Å²) >= 11 is 0. The van der Waals surface area contributed by atoms with Crippen LogP contribution in [0.15, 0.2) is 0 Å². The van der Waals surface area contributed by atoms with E-state index in [9.17, 15) is 4.79 Å². The lowest BCUT2D eigenvalue weighted by molar-refractivity contribution is -0.137. The SMILES string of the molecule is CCC(C)CCC(C)CCC(=O)O. The Morgan fingerprint density at radius 1 is 1.15 bits per heavy atom. The third kappa shape index (κ3) is 7.82. The van der Waals surface area contributed by atoms with Crippen molar-refractivity contribution in [2.45, 2.75) is 52.9 Å². The van der Waals surface area contributed by atoms with E-state index in [1.54, 1.807) is 0 Å². The Balaban J connectivity index is 3.39. The Hall–Kier alpha value is -0.530. The van der Waals surface area contributed by atoms with Crippen LogP contribution in [0.3, 0.4) is 0 Å². The van der Waals surface area contributed by atoms with E-state index in [1.807, 2.05) is 0 Å². The molecule has 2 atom stereocenters. The van der Waals surface area contributed by atoms with Crippen LogP contribution in [-0.4, -0.2) is 11.1 Å². The van der Waals surface area contributed by atoms with Crippen molar-refractivity contribution in [1.29, 1.82) is 0 Å². The van der Waals surface area contributed by atoms with Crippen molar-refractivity contribution in [3.63, 3.8) is 0 Å². The number of rotatable bonds is 7. The van der Waals surface area contributed by atoms with Crippen molar-refractivity contribution in [3.05, 3.63) is 0 Å². The van der Waals surface area contributed by atoms with Crippen LogP contribution >= 0.6 is 0 Å². The maximum absolute atomic E-state index is 10.3. The molecular weight excluding hydrogens is 164 g/mol. The molecular formula is C11H22O2. The molecule has 1 N–H and O–H groups in total. The van der Waals surface area contributed by atoms with Gasteiger partial charge >= 0.3 is 5.97 Å². The highest BCUT2D eigenvalue weighted by molar-refractivity contribution is 5.66. The Bertz CT molecular complexity index is 143. The van der Waals surface area contributed by atoms with Gasteiger partial charge in [0.25, 0.3) is 0 Å². The zero-order valence-electron chi connectivity index (χ0n) is 9.05. The van der Waals surface area contributed by atoms with Crippen LogP contribution in [0.4, 0.5) is 0 Å². The number of hydrogen-bond donors (Lipinski definition) is 1. The normalized spacial score (nSPS) is 15.3. The molecule has 0 spiro atoms. The van der Waals surface area contributed by atoms with Crippen molar-refractivity contribution in [2.75, 3.05) is 0 Å². The van der Waals surface area contributed by atoms with Gasteiger partial charge in [-0.3, -0.25) is 4.79 Å². The minimum Gasteiger partial charge on any atom is -0.481 e. The smallest absolute Gasteiger partial charge is 0.303 e. The minimum absolute atomic E-state index is 0.321. The van der Waals surface area contributed by atoms with Gasteiger partial charge in [-0.05, 0) is 18.3 Å². The zero-order valence-corrected chi connectivity index (χ0v) is 9.05. The largest absolute Gasteiger partial charge is 0.481 e. The van der Waals surface area contributed by atoms with Gasteiger partial charge in [0.1, 0.15) is 0 Å². The molecule has 13 heavy (non-hydrogen) atoms. The Morgan fingerprint density at radius 3 is 2.15 bits per heavy atom. The second-order valence-corrected chi connectivity index (χ2v) is 4.13. The van der Waals surface area contributed by atoms with Crippen molar-refractivity contribution >= 4 is 5.97 Å². The molecule has 0 rings (SSSR count). The Kier molecular flexibility index (Phi) is 6.65. The van der Waals surface area contributed by atoms with E-state index in [1.165, 1.54) is 19.3 Å². The van der Waals surface area contributed by atoms with Gasteiger partial charge in [0.05, 0.1) is 0 Å². The summed E-state index contributed by atoms with van der Waals surface area (Å²) in [5.41, 5.74) is 0. The van der Waals surface area contributed by atoms with Gasteiger partial charge in [-0.15, -0.1) is 0 Å². The van der Waals surface area contributed by atoms with Crippen LogP contribution in [0, 0.1) is 11.8 Å². The molecule has 0 aromatic heterocycles. The fraction of sp³-hybridized carbons (Fsp3) is 0.909.